The summed E-state index contributed by atoms with van der Waals surface area (Å²) in [7, 11) is 0. The number of nitrogens with zero attached hydrogens (tertiary/aromatic N) is 1. The van der Waals surface area contributed by atoms with Crippen LogP contribution in [0, 0.1) is 0 Å². The molecule has 1 aliphatic rings. The molecule has 3 nitrogen and oxygen atoms in total. The maximum atomic E-state index is 11.7. The number of carbonyl (C=O) groups is 1. The average molecular weight is 192 g/mol. The smallest absolute Gasteiger partial charge is 0.268 e. The number of rotatable bonds is 1. The van der Waals surface area contributed by atoms with Gasteiger partial charge in [0, 0.05) is 12.1 Å². The molecule has 2 N–H and O–H groups in total. The Bertz CT molecular complexity index is 313. The van der Waals surface area contributed by atoms with Gasteiger partial charge in [0.05, 0.1) is 0 Å². The third-order valence-electron chi connectivity index (χ3n) is 2.26. The minimum atomic E-state index is -0.0950. The molecular weight excluding hydrogens is 176 g/mol. The van der Waals surface area contributed by atoms with E-state index in [9.17, 15) is 4.79 Å². The van der Waals surface area contributed by atoms with Crippen LogP contribution >= 0.6 is 0 Å². The van der Waals surface area contributed by atoms with Crippen molar-refractivity contribution in [1.82, 2.24) is 5.01 Å². The van der Waals surface area contributed by atoms with Crippen LogP contribution in [0.3, 0.4) is 0 Å². The molecule has 1 amide bonds. The lowest BCUT2D eigenvalue weighted by Crippen LogP contribution is -2.42. The number of nitrogens with two attached hydrogens (primary N) is 1. The summed E-state index contributed by atoms with van der Waals surface area (Å²) in [4.78, 5) is 11.7. The number of hydrogen-bond acceptors (Lipinski definition) is 2. The highest BCUT2D eigenvalue weighted by atomic mass is 16.2. The van der Waals surface area contributed by atoms with Crippen molar-refractivity contribution in [2.75, 3.05) is 6.54 Å². The molecular formula is C11H16N2O. The second-order valence-corrected chi connectivity index (χ2v) is 3.17. The van der Waals surface area contributed by atoms with E-state index in [0.717, 1.165) is 12.0 Å². The molecule has 3 heteroatoms. The lowest BCUT2D eigenvalue weighted by molar-refractivity contribution is -0.128. The van der Waals surface area contributed by atoms with E-state index >= 15 is 0 Å². The Labute approximate surface area is 84.5 Å². The molecule has 76 valence electrons. The number of hydrazine groups is 1. The van der Waals surface area contributed by atoms with Crippen LogP contribution < -0.4 is 5.84 Å². The summed E-state index contributed by atoms with van der Waals surface area (Å²) in [5.41, 5.74) is 1.79. The van der Waals surface area contributed by atoms with Gasteiger partial charge in [-0.2, -0.15) is 0 Å². The van der Waals surface area contributed by atoms with Gasteiger partial charge in [-0.3, -0.25) is 9.80 Å². The summed E-state index contributed by atoms with van der Waals surface area (Å²) < 4.78 is 0. The van der Waals surface area contributed by atoms with Crippen molar-refractivity contribution in [3.63, 3.8) is 0 Å². The highest BCUT2D eigenvalue weighted by Gasteiger charge is 2.23. The van der Waals surface area contributed by atoms with Gasteiger partial charge in [-0.15, -0.1) is 0 Å². The van der Waals surface area contributed by atoms with Gasteiger partial charge in [-0.05, 0) is 31.9 Å². The molecule has 0 atom stereocenters. The molecule has 1 aliphatic heterocycles. The third-order valence-corrected chi connectivity index (χ3v) is 2.26. The number of amides is 1. The zero-order chi connectivity index (χ0) is 10.6. The fourth-order valence-corrected chi connectivity index (χ4v) is 1.44. The van der Waals surface area contributed by atoms with E-state index in [1.807, 2.05) is 38.2 Å². The molecule has 1 saturated heterocycles. The quantitative estimate of drug-likeness (QED) is 0.389. The first-order valence-electron chi connectivity index (χ1n) is 4.75. The van der Waals surface area contributed by atoms with Crippen molar-refractivity contribution < 1.29 is 4.79 Å². The summed E-state index contributed by atoms with van der Waals surface area (Å²) in [6.45, 7) is 4.46. The van der Waals surface area contributed by atoms with Crippen molar-refractivity contribution in [2.24, 2.45) is 5.84 Å². The zero-order valence-electron chi connectivity index (χ0n) is 8.66. The molecule has 1 heterocycles. The van der Waals surface area contributed by atoms with Gasteiger partial charge in [0.2, 0.25) is 0 Å². The van der Waals surface area contributed by atoms with Crippen molar-refractivity contribution >= 4 is 5.91 Å². The van der Waals surface area contributed by atoms with E-state index in [2.05, 4.69) is 0 Å². The van der Waals surface area contributed by atoms with E-state index in [4.69, 9.17) is 5.84 Å². The molecule has 14 heavy (non-hydrogen) atoms. The second kappa shape index (κ2) is 4.77. The topological polar surface area (TPSA) is 46.3 Å². The van der Waals surface area contributed by atoms with E-state index in [0.29, 0.717) is 12.1 Å². The molecule has 1 rings (SSSR count). The minimum Gasteiger partial charge on any atom is -0.276 e. The van der Waals surface area contributed by atoms with Crippen LogP contribution in [0.1, 0.15) is 20.3 Å². The lowest BCUT2D eigenvalue weighted by atomic mass is 9.97. The van der Waals surface area contributed by atoms with Crippen LogP contribution in [0.15, 0.2) is 35.5 Å². The summed E-state index contributed by atoms with van der Waals surface area (Å²) in [5.74, 6) is 5.45. The SMILES string of the molecule is C\C=C/C=C1/C(=O)N(N)CC/C1=C/C. The average Bonchev–Trinajstić information content (AvgIpc) is 2.20. The zero-order valence-corrected chi connectivity index (χ0v) is 8.66. The number of piperidine rings is 1. The molecule has 0 aromatic carbocycles. The van der Waals surface area contributed by atoms with Gasteiger partial charge < -0.3 is 0 Å². The molecule has 0 aromatic rings. The van der Waals surface area contributed by atoms with Crippen molar-refractivity contribution in [3.8, 4) is 0 Å². The Hall–Kier alpha value is -1.35. The molecule has 0 saturated carbocycles. The molecule has 0 spiro atoms. The summed E-state index contributed by atoms with van der Waals surface area (Å²) >= 11 is 0. The standard InChI is InChI=1S/C11H16N2O/c1-3-5-6-10-9(4-2)7-8-13(12)11(10)14/h3-6H,7-8,12H2,1-2H3/b5-3-,9-4-,10-6+. The molecule has 0 aliphatic carbocycles. The van der Waals surface area contributed by atoms with Gasteiger partial charge in [0.25, 0.3) is 5.91 Å². The van der Waals surface area contributed by atoms with E-state index in [1.165, 1.54) is 5.01 Å². The van der Waals surface area contributed by atoms with Gasteiger partial charge in [-0.1, -0.05) is 18.2 Å². The maximum Gasteiger partial charge on any atom is 0.268 e. The second-order valence-electron chi connectivity index (χ2n) is 3.17. The summed E-state index contributed by atoms with van der Waals surface area (Å²) in [5, 5.41) is 1.27. The fraction of sp³-hybridized carbons (Fsp3) is 0.364. The predicted molar refractivity (Wildman–Crippen MR) is 57.2 cm³/mol. The Morgan fingerprint density at radius 1 is 1.43 bits per heavy atom. The van der Waals surface area contributed by atoms with Crippen LogP contribution in [-0.4, -0.2) is 17.5 Å². The first-order chi connectivity index (χ1) is 6.70. The monoisotopic (exact) mass is 192 g/mol. The van der Waals surface area contributed by atoms with Crippen LogP contribution in [-0.2, 0) is 4.79 Å². The first kappa shape index (κ1) is 10.7. The van der Waals surface area contributed by atoms with Crippen LogP contribution in [0.4, 0.5) is 0 Å². The Morgan fingerprint density at radius 2 is 2.14 bits per heavy atom. The van der Waals surface area contributed by atoms with Gasteiger partial charge >= 0.3 is 0 Å². The van der Waals surface area contributed by atoms with Crippen LogP contribution in [0.25, 0.3) is 0 Å². The fourth-order valence-electron chi connectivity index (χ4n) is 1.44. The summed E-state index contributed by atoms with van der Waals surface area (Å²) in [6.07, 6.45) is 8.37. The summed E-state index contributed by atoms with van der Waals surface area (Å²) in [6, 6.07) is 0. The lowest BCUT2D eigenvalue weighted by Gasteiger charge is -2.25. The molecule has 0 unspecified atom stereocenters. The van der Waals surface area contributed by atoms with Crippen LogP contribution in [0.5, 0.6) is 0 Å². The normalized spacial score (nSPS) is 24.2. The largest absolute Gasteiger partial charge is 0.276 e. The van der Waals surface area contributed by atoms with Gasteiger partial charge in [-0.25, -0.2) is 5.84 Å². The van der Waals surface area contributed by atoms with Gasteiger partial charge in [0.1, 0.15) is 0 Å². The minimum absolute atomic E-state index is 0.0950. The highest BCUT2D eigenvalue weighted by Crippen LogP contribution is 2.21. The van der Waals surface area contributed by atoms with Gasteiger partial charge in [0.15, 0.2) is 0 Å². The van der Waals surface area contributed by atoms with Crippen LogP contribution in [0.2, 0.25) is 0 Å². The van der Waals surface area contributed by atoms with E-state index in [-0.39, 0.29) is 5.91 Å². The molecule has 1 fully saturated rings. The first-order valence-corrected chi connectivity index (χ1v) is 4.75. The number of hydrogen-bond donors (Lipinski definition) is 1. The Balaban J connectivity index is 2.99. The van der Waals surface area contributed by atoms with E-state index in [1.54, 1.807) is 0 Å². The highest BCUT2D eigenvalue weighted by molar-refractivity contribution is 5.98. The third kappa shape index (κ3) is 2.12. The Morgan fingerprint density at radius 3 is 2.71 bits per heavy atom. The Kier molecular flexibility index (Phi) is 3.65. The van der Waals surface area contributed by atoms with E-state index < -0.39 is 0 Å². The molecule has 0 bridgehead atoms. The van der Waals surface area contributed by atoms with Crippen molar-refractivity contribution in [2.45, 2.75) is 20.3 Å². The number of allylic oxidation sites excluding steroid dienone is 4. The van der Waals surface area contributed by atoms with Crippen molar-refractivity contribution in [1.29, 1.82) is 0 Å². The van der Waals surface area contributed by atoms with Crippen molar-refractivity contribution in [3.05, 3.63) is 35.5 Å². The number of carbonyl (C=O) groups excluding carboxylic acids is 1. The predicted octanol–water partition coefficient (Wildman–Crippen LogP) is 1.54. The molecule has 0 aromatic heterocycles. The maximum absolute atomic E-state index is 11.7. The molecule has 0 radical (unpaired) electrons.